The molecule has 3 atom stereocenters. The summed E-state index contributed by atoms with van der Waals surface area (Å²) in [5, 5.41) is 18.1. The SMILES string of the molecule is C=N/N=C(\OCC1CCCC(C(=C)N/C(C=O)=C2\CC(N(C)C)CCN2)C1)c1cc(Cl)ccc1OCC.CNc1ccccc1. The van der Waals surface area contributed by atoms with Crippen molar-refractivity contribution in [3.63, 3.8) is 0 Å². The van der Waals surface area contributed by atoms with E-state index in [0.29, 0.717) is 53.1 Å². The van der Waals surface area contributed by atoms with Gasteiger partial charge in [-0.1, -0.05) is 42.8 Å². The van der Waals surface area contributed by atoms with Crippen LogP contribution in [0.4, 0.5) is 5.69 Å². The van der Waals surface area contributed by atoms with Gasteiger partial charge in [0.05, 0.1) is 24.5 Å². The molecule has 244 valence electrons. The van der Waals surface area contributed by atoms with E-state index in [4.69, 9.17) is 21.1 Å². The third kappa shape index (κ3) is 11.2. The highest BCUT2D eigenvalue weighted by Gasteiger charge is 2.27. The molecular formula is C35H49ClN6O3. The molecule has 1 heterocycles. The van der Waals surface area contributed by atoms with Crippen LogP contribution in [0.1, 0.15) is 51.0 Å². The van der Waals surface area contributed by atoms with E-state index in [9.17, 15) is 4.79 Å². The minimum absolute atomic E-state index is 0.245. The van der Waals surface area contributed by atoms with Crippen molar-refractivity contribution in [1.29, 1.82) is 0 Å². The smallest absolute Gasteiger partial charge is 0.244 e. The van der Waals surface area contributed by atoms with Crippen LogP contribution in [0.25, 0.3) is 0 Å². The number of carbonyl (C=O) groups is 1. The summed E-state index contributed by atoms with van der Waals surface area (Å²) in [4.78, 5) is 14.2. The highest BCUT2D eigenvalue weighted by atomic mass is 35.5. The van der Waals surface area contributed by atoms with Crippen molar-refractivity contribution in [3.05, 3.63) is 82.8 Å². The van der Waals surface area contributed by atoms with Crippen LogP contribution in [-0.2, 0) is 9.53 Å². The number of hydrogen-bond donors (Lipinski definition) is 3. The molecule has 0 aromatic heterocycles. The Kier molecular flexibility index (Phi) is 14.9. The Balaban J connectivity index is 0.000000598. The molecule has 45 heavy (non-hydrogen) atoms. The lowest BCUT2D eigenvalue weighted by Crippen LogP contribution is -2.40. The molecule has 9 nitrogen and oxygen atoms in total. The normalized spacial score (nSPS) is 20.9. The predicted octanol–water partition coefficient (Wildman–Crippen LogP) is 6.48. The van der Waals surface area contributed by atoms with Crippen molar-refractivity contribution in [2.24, 2.45) is 22.0 Å². The fourth-order valence-electron chi connectivity index (χ4n) is 5.63. The largest absolute Gasteiger partial charge is 0.493 e. The fourth-order valence-corrected chi connectivity index (χ4v) is 5.80. The first-order chi connectivity index (χ1) is 21.8. The van der Waals surface area contributed by atoms with E-state index in [1.54, 1.807) is 18.2 Å². The Hall–Kier alpha value is -3.82. The number of aldehydes is 1. The molecule has 3 N–H and O–H groups in total. The summed E-state index contributed by atoms with van der Waals surface area (Å²) in [5.74, 6) is 1.52. The van der Waals surface area contributed by atoms with Gasteiger partial charge >= 0.3 is 0 Å². The molecule has 1 aliphatic carbocycles. The van der Waals surface area contributed by atoms with Crippen molar-refractivity contribution in [2.45, 2.75) is 51.5 Å². The van der Waals surface area contributed by atoms with Gasteiger partial charge in [-0.15, -0.1) is 5.10 Å². The summed E-state index contributed by atoms with van der Waals surface area (Å²) >= 11 is 6.23. The Morgan fingerprint density at radius 3 is 2.60 bits per heavy atom. The lowest BCUT2D eigenvalue weighted by Gasteiger charge is -2.33. The van der Waals surface area contributed by atoms with E-state index >= 15 is 0 Å². The zero-order valence-corrected chi connectivity index (χ0v) is 27.9. The molecule has 10 heteroatoms. The zero-order valence-electron chi connectivity index (χ0n) is 27.2. The maximum Gasteiger partial charge on any atom is 0.244 e. The first-order valence-corrected chi connectivity index (χ1v) is 16.0. The number of anilines is 1. The molecule has 2 aromatic carbocycles. The maximum atomic E-state index is 12.0. The number of para-hydroxylation sites is 1. The summed E-state index contributed by atoms with van der Waals surface area (Å²) in [6.07, 6.45) is 6.80. The van der Waals surface area contributed by atoms with Crippen LogP contribution in [0.3, 0.4) is 0 Å². The van der Waals surface area contributed by atoms with E-state index in [0.717, 1.165) is 68.4 Å². The summed E-state index contributed by atoms with van der Waals surface area (Å²) in [6, 6.07) is 15.8. The fraction of sp³-hybridized carbons (Fsp3) is 0.457. The first kappa shape index (κ1) is 35.7. The van der Waals surface area contributed by atoms with Gasteiger partial charge in [-0.2, -0.15) is 5.10 Å². The summed E-state index contributed by atoms with van der Waals surface area (Å²) in [5.41, 5.74) is 4.24. The van der Waals surface area contributed by atoms with Gasteiger partial charge in [0, 0.05) is 54.9 Å². The number of benzene rings is 2. The molecule has 4 rings (SSSR count). The van der Waals surface area contributed by atoms with E-state index in [1.165, 1.54) is 0 Å². The third-order valence-electron chi connectivity index (χ3n) is 8.15. The van der Waals surface area contributed by atoms with Gasteiger partial charge in [-0.05, 0) is 88.9 Å². The number of nitrogens with one attached hydrogen (secondary N) is 3. The average molecular weight is 637 g/mol. The lowest BCUT2D eigenvalue weighted by molar-refractivity contribution is -0.105. The molecule has 1 saturated heterocycles. The minimum atomic E-state index is 0.245. The van der Waals surface area contributed by atoms with Crippen LogP contribution < -0.4 is 20.7 Å². The van der Waals surface area contributed by atoms with Crippen LogP contribution in [0, 0.1) is 11.8 Å². The van der Waals surface area contributed by atoms with E-state index < -0.39 is 0 Å². The summed E-state index contributed by atoms with van der Waals surface area (Å²) in [6.45, 7) is 11.5. The number of rotatable bonds is 12. The van der Waals surface area contributed by atoms with Crippen LogP contribution >= 0.6 is 11.6 Å². The van der Waals surface area contributed by atoms with Gasteiger partial charge in [0.2, 0.25) is 5.90 Å². The second-order valence-electron chi connectivity index (χ2n) is 11.5. The number of allylic oxidation sites excluding steroid dienone is 2. The average Bonchev–Trinajstić information content (AvgIpc) is 3.07. The standard InChI is InChI=1S/C28H40ClN5O3.C7H9N/c1-6-36-27-11-10-22(29)15-24(27)28(33-30-3)37-18-20-8-7-9-21(14-20)19(2)32-26(17-35)25-16-23(34(4)5)12-13-31-25;1-8-7-5-3-2-4-6-7/h10-11,15,17,20-21,23,31-32H,2-3,6-9,12-14,16,18H2,1,4-5H3;2-6,8H,1H3/b26-25+,33-28-;. The molecular weight excluding hydrogens is 588 g/mol. The van der Waals surface area contributed by atoms with Gasteiger partial charge in [0.15, 0.2) is 6.29 Å². The predicted molar refractivity (Wildman–Crippen MR) is 186 cm³/mol. The molecule has 0 amide bonds. The van der Waals surface area contributed by atoms with Crippen molar-refractivity contribution >= 4 is 36.2 Å². The Morgan fingerprint density at radius 1 is 1.18 bits per heavy atom. The maximum absolute atomic E-state index is 12.0. The van der Waals surface area contributed by atoms with Crippen molar-refractivity contribution in [1.82, 2.24) is 15.5 Å². The molecule has 1 aliphatic heterocycles. The zero-order chi connectivity index (χ0) is 32.6. The molecule has 3 unspecified atom stereocenters. The van der Waals surface area contributed by atoms with Gasteiger partial charge < -0.3 is 30.3 Å². The van der Waals surface area contributed by atoms with Crippen LogP contribution in [-0.4, -0.2) is 70.7 Å². The number of piperidine rings is 1. The number of carbonyl (C=O) groups excluding carboxylic acids is 1. The quantitative estimate of drug-likeness (QED) is 0.0806. The molecule has 2 fully saturated rings. The highest BCUT2D eigenvalue weighted by molar-refractivity contribution is 6.31. The van der Waals surface area contributed by atoms with Crippen LogP contribution in [0.5, 0.6) is 5.75 Å². The second kappa shape index (κ2) is 18.9. The summed E-state index contributed by atoms with van der Waals surface area (Å²) < 4.78 is 11.9. The van der Waals surface area contributed by atoms with Crippen molar-refractivity contribution in [2.75, 3.05) is 46.2 Å². The van der Waals surface area contributed by atoms with Gasteiger partial charge in [0.25, 0.3) is 0 Å². The minimum Gasteiger partial charge on any atom is -0.493 e. The van der Waals surface area contributed by atoms with Crippen LogP contribution in [0.2, 0.25) is 5.02 Å². The van der Waals surface area contributed by atoms with Gasteiger partial charge in [-0.25, -0.2) is 0 Å². The second-order valence-corrected chi connectivity index (χ2v) is 11.9. The molecule has 1 saturated carbocycles. The van der Waals surface area contributed by atoms with Gasteiger partial charge in [-0.3, -0.25) is 4.79 Å². The van der Waals surface area contributed by atoms with Crippen molar-refractivity contribution in [3.8, 4) is 5.75 Å². The lowest BCUT2D eigenvalue weighted by atomic mass is 9.80. The number of ether oxygens (including phenoxy) is 2. The molecule has 0 radical (unpaired) electrons. The van der Waals surface area contributed by atoms with Crippen molar-refractivity contribution < 1.29 is 14.3 Å². The molecule has 2 aromatic rings. The van der Waals surface area contributed by atoms with Crippen LogP contribution in [0.15, 0.2) is 82.4 Å². The first-order valence-electron chi connectivity index (χ1n) is 15.7. The molecule has 0 bridgehead atoms. The Labute approximate surface area is 273 Å². The Bertz CT molecular complexity index is 1310. The number of nitrogens with zero attached hydrogens (tertiary/aromatic N) is 3. The van der Waals surface area contributed by atoms with E-state index in [2.05, 4.69) is 58.4 Å². The molecule has 2 aliphatic rings. The number of hydrogen-bond acceptors (Lipinski definition) is 9. The monoisotopic (exact) mass is 636 g/mol. The topological polar surface area (TPSA) is 99.6 Å². The molecule has 0 spiro atoms. The third-order valence-corrected chi connectivity index (χ3v) is 8.39. The highest BCUT2D eigenvalue weighted by Crippen LogP contribution is 2.34. The Morgan fingerprint density at radius 2 is 1.96 bits per heavy atom. The van der Waals surface area contributed by atoms with E-state index in [1.807, 2.05) is 44.3 Å². The van der Waals surface area contributed by atoms with E-state index in [-0.39, 0.29) is 5.92 Å². The van der Waals surface area contributed by atoms with Gasteiger partial charge in [0.1, 0.15) is 5.75 Å². The summed E-state index contributed by atoms with van der Waals surface area (Å²) in [7, 11) is 6.07. The number of halogens is 1.